The summed E-state index contributed by atoms with van der Waals surface area (Å²) in [6, 6.07) is 18.5. The molecule has 1 atom stereocenters. The van der Waals surface area contributed by atoms with E-state index in [4.69, 9.17) is 11.6 Å². The van der Waals surface area contributed by atoms with E-state index in [0.717, 1.165) is 16.7 Å². The SMILES string of the molecule is Cc1ccc2c(c1)C(C)(c1ccc(Cl)cc1)CC(C)(C)N2S(=O)(=O)c1ccc([N+](=O)[O-])cc1. The fraction of sp³-hybridized carbons (Fsp3) is 0.280. The van der Waals surface area contributed by atoms with Gasteiger partial charge in [-0.05, 0) is 68.7 Å². The number of fused-ring (bicyclic) bond motifs is 1. The Balaban J connectivity index is 1.92. The zero-order valence-electron chi connectivity index (χ0n) is 18.9. The van der Waals surface area contributed by atoms with Gasteiger partial charge in [0.05, 0.1) is 21.0 Å². The molecule has 3 aromatic rings. The average molecular weight is 485 g/mol. The summed E-state index contributed by atoms with van der Waals surface area (Å²) in [5, 5.41) is 11.7. The van der Waals surface area contributed by atoms with E-state index in [0.29, 0.717) is 17.1 Å². The molecule has 0 saturated carbocycles. The Hall–Kier alpha value is -2.90. The third-order valence-corrected chi connectivity index (χ3v) is 8.66. The van der Waals surface area contributed by atoms with Crippen LogP contribution in [-0.4, -0.2) is 18.9 Å². The molecule has 0 radical (unpaired) electrons. The summed E-state index contributed by atoms with van der Waals surface area (Å²) in [5.41, 5.74) is 2.22. The van der Waals surface area contributed by atoms with Crippen LogP contribution in [0.15, 0.2) is 71.6 Å². The van der Waals surface area contributed by atoms with Crippen LogP contribution in [0.1, 0.15) is 43.9 Å². The Bertz CT molecular complexity index is 1340. The van der Waals surface area contributed by atoms with Crippen LogP contribution in [0, 0.1) is 17.0 Å². The minimum Gasteiger partial charge on any atom is -0.260 e. The first kappa shape index (κ1) is 23.3. The highest BCUT2D eigenvalue weighted by molar-refractivity contribution is 7.93. The van der Waals surface area contributed by atoms with Gasteiger partial charge in [0.25, 0.3) is 15.7 Å². The van der Waals surface area contributed by atoms with E-state index >= 15 is 0 Å². The lowest BCUT2D eigenvalue weighted by Gasteiger charge is -2.51. The van der Waals surface area contributed by atoms with Gasteiger partial charge < -0.3 is 0 Å². The number of aryl methyl sites for hydroxylation is 1. The highest BCUT2D eigenvalue weighted by atomic mass is 35.5. The smallest absolute Gasteiger partial charge is 0.260 e. The Morgan fingerprint density at radius 2 is 1.58 bits per heavy atom. The molecule has 172 valence electrons. The van der Waals surface area contributed by atoms with Gasteiger partial charge in [0.2, 0.25) is 0 Å². The molecule has 33 heavy (non-hydrogen) atoms. The second-order valence-corrected chi connectivity index (χ2v) is 11.6. The topological polar surface area (TPSA) is 80.5 Å². The van der Waals surface area contributed by atoms with Gasteiger partial charge in [-0.1, -0.05) is 48.4 Å². The maximum absolute atomic E-state index is 13.9. The van der Waals surface area contributed by atoms with Gasteiger partial charge in [-0.3, -0.25) is 14.4 Å². The molecule has 6 nitrogen and oxygen atoms in total. The van der Waals surface area contributed by atoms with Crippen molar-refractivity contribution in [3.8, 4) is 0 Å². The molecule has 0 saturated heterocycles. The van der Waals surface area contributed by atoms with Crippen LogP contribution in [0.25, 0.3) is 0 Å². The molecule has 1 heterocycles. The molecule has 0 amide bonds. The third-order valence-electron chi connectivity index (χ3n) is 6.37. The Morgan fingerprint density at radius 3 is 2.15 bits per heavy atom. The summed E-state index contributed by atoms with van der Waals surface area (Å²) in [6.07, 6.45) is 0.532. The second-order valence-electron chi connectivity index (χ2n) is 9.37. The average Bonchev–Trinajstić information content (AvgIpc) is 2.74. The number of hydrogen-bond acceptors (Lipinski definition) is 4. The van der Waals surface area contributed by atoms with E-state index in [-0.39, 0.29) is 10.6 Å². The summed E-state index contributed by atoms with van der Waals surface area (Å²) in [4.78, 5) is 10.5. The lowest BCUT2D eigenvalue weighted by molar-refractivity contribution is -0.384. The predicted molar refractivity (Wildman–Crippen MR) is 131 cm³/mol. The largest absolute Gasteiger partial charge is 0.269 e. The number of nitro groups is 1. The maximum Gasteiger partial charge on any atom is 0.269 e. The summed E-state index contributed by atoms with van der Waals surface area (Å²) in [6.45, 7) is 7.93. The van der Waals surface area contributed by atoms with E-state index in [2.05, 4.69) is 6.92 Å². The van der Waals surface area contributed by atoms with E-state index in [9.17, 15) is 18.5 Å². The van der Waals surface area contributed by atoms with Crippen LogP contribution in [0.2, 0.25) is 5.02 Å². The molecule has 0 bridgehead atoms. The summed E-state index contributed by atoms with van der Waals surface area (Å²) in [5.74, 6) is 0. The number of anilines is 1. The number of hydrogen-bond donors (Lipinski definition) is 0. The molecule has 1 unspecified atom stereocenters. The molecule has 8 heteroatoms. The van der Waals surface area contributed by atoms with E-state index in [1.807, 2.05) is 63.2 Å². The van der Waals surface area contributed by atoms with Crippen LogP contribution in [0.5, 0.6) is 0 Å². The number of halogens is 1. The highest BCUT2D eigenvalue weighted by Crippen LogP contribution is 2.52. The Morgan fingerprint density at radius 1 is 0.970 bits per heavy atom. The normalized spacial score (nSPS) is 19.7. The second kappa shape index (κ2) is 7.85. The number of benzene rings is 3. The molecular formula is C25H25ClN2O4S. The van der Waals surface area contributed by atoms with Crippen molar-refractivity contribution in [2.45, 2.75) is 50.0 Å². The summed E-state index contributed by atoms with van der Waals surface area (Å²) >= 11 is 6.13. The van der Waals surface area contributed by atoms with Crippen molar-refractivity contribution >= 4 is 33.0 Å². The third kappa shape index (κ3) is 3.89. The van der Waals surface area contributed by atoms with Crippen molar-refractivity contribution in [2.24, 2.45) is 0 Å². The molecule has 3 aromatic carbocycles. The monoisotopic (exact) mass is 484 g/mol. The van der Waals surface area contributed by atoms with Gasteiger partial charge in [0.15, 0.2) is 0 Å². The van der Waals surface area contributed by atoms with Gasteiger partial charge in [-0.15, -0.1) is 0 Å². The molecule has 0 spiro atoms. The number of nitrogens with zero attached hydrogens (tertiary/aromatic N) is 2. The molecule has 0 aliphatic carbocycles. The van der Waals surface area contributed by atoms with Crippen LogP contribution >= 0.6 is 11.6 Å². The van der Waals surface area contributed by atoms with E-state index in [1.165, 1.54) is 28.6 Å². The van der Waals surface area contributed by atoms with Crippen LogP contribution in [0.4, 0.5) is 11.4 Å². The van der Waals surface area contributed by atoms with Crippen molar-refractivity contribution in [3.63, 3.8) is 0 Å². The lowest BCUT2D eigenvalue weighted by atomic mass is 9.66. The fourth-order valence-electron chi connectivity index (χ4n) is 5.00. The summed E-state index contributed by atoms with van der Waals surface area (Å²) < 4.78 is 29.2. The van der Waals surface area contributed by atoms with Crippen LogP contribution in [0.3, 0.4) is 0 Å². The fourth-order valence-corrected chi connectivity index (χ4v) is 6.95. The lowest BCUT2D eigenvalue weighted by Crippen LogP contribution is -2.55. The number of sulfonamides is 1. The number of rotatable bonds is 4. The molecule has 1 aliphatic rings. The van der Waals surface area contributed by atoms with Gasteiger partial charge in [0.1, 0.15) is 0 Å². The molecule has 0 fully saturated rings. The van der Waals surface area contributed by atoms with Gasteiger partial charge in [0, 0.05) is 22.6 Å². The van der Waals surface area contributed by atoms with Gasteiger partial charge in [-0.2, -0.15) is 0 Å². The molecular weight excluding hydrogens is 460 g/mol. The minimum atomic E-state index is -3.99. The van der Waals surface area contributed by atoms with Crippen LogP contribution in [-0.2, 0) is 15.4 Å². The van der Waals surface area contributed by atoms with Crippen LogP contribution < -0.4 is 4.31 Å². The first-order valence-corrected chi connectivity index (χ1v) is 12.4. The van der Waals surface area contributed by atoms with Crippen molar-refractivity contribution in [2.75, 3.05) is 4.31 Å². The maximum atomic E-state index is 13.9. The zero-order valence-corrected chi connectivity index (χ0v) is 20.4. The quantitative estimate of drug-likeness (QED) is 0.324. The van der Waals surface area contributed by atoms with Gasteiger partial charge >= 0.3 is 0 Å². The Kier molecular flexibility index (Phi) is 5.53. The minimum absolute atomic E-state index is 0.0165. The van der Waals surface area contributed by atoms with Crippen molar-refractivity contribution in [1.82, 2.24) is 0 Å². The first-order chi connectivity index (χ1) is 15.4. The van der Waals surface area contributed by atoms with Crippen molar-refractivity contribution in [3.05, 3.63) is 98.6 Å². The summed E-state index contributed by atoms with van der Waals surface area (Å²) in [7, 11) is -3.99. The van der Waals surface area contributed by atoms with E-state index in [1.54, 1.807) is 0 Å². The molecule has 0 N–H and O–H groups in total. The highest BCUT2D eigenvalue weighted by Gasteiger charge is 2.50. The molecule has 4 rings (SSSR count). The Labute approximate surface area is 199 Å². The van der Waals surface area contributed by atoms with Gasteiger partial charge in [-0.25, -0.2) is 8.42 Å². The van der Waals surface area contributed by atoms with E-state index < -0.39 is 25.9 Å². The zero-order chi connectivity index (χ0) is 24.2. The standard InChI is InChI=1S/C25H25ClN2O4S/c1-17-5-14-23-22(15-17)25(4,18-6-8-19(26)9-7-18)16-24(2,3)27(23)33(31,32)21-12-10-20(11-13-21)28(29)30/h5-15H,16H2,1-4H3. The molecule has 0 aromatic heterocycles. The molecule has 1 aliphatic heterocycles. The first-order valence-electron chi connectivity index (χ1n) is 10.5. The van der Waals surface area contributed by atoms with Crippen molar-refractivity contribution < 1.29 is 13.3 Å². The number of non-ortho nitro benzene ring substituents is 1. The number of nitro benzene ring substituents is 1. The van der Waals surface area contributed by atoms with Crippen molar-refractivity contribution in [1.29, 1.82) is 0 Å². The predicted octanol–water partition coefficient (Wildman–Crippen LogP) is 6.24.